The van der Waals surface area contributed by atoms with Gasteiger partial charge in [0.05, 0.1) is 31.0 Å². The van der Waals surface area contributed by atoms with E-state index in [-0.39, 0.29) is 17.3 Å². The molecule has 5 nitrogen and oxygen atoms in total. The van der Waals surface area contributed by atoms with Crippen LogP contribution < -0.4 is 5.32 Å². The predicted octanol–water partition coefficient (Wildman–Crippen LogP) is 3.59. The Morgan fingerprint density at radius 2 is 1.93 bits per heavy atom. The average Bonchev–Trinajstić information content (AvgIpc) is 2.70. The van der Waals surface area contributed by atoms with Gasteiger partial charge in [0.25, 0.3) is 5.91 Å². The molecule has 2 aromatic carbocycles. The van der Waals surface area contributed by atoms with Gasteiger partial charge in [0.1, 0.15) is 11.4 Å². The molecular weight excluding hydrogens is 347 g/mol. The minimum absolute atomic E-state index is 0.0338. The summed E-state index contributed by atoms with van der Waals surface area (Å²) in [4.78, 5) is 15.1. The second-order valence-corrected chi connectivity index (χ2v) is 7.09. The summed E-state index contributed by atoms with van der Waals surface area (Å²) in [5.74, 6) is -0.327. The van der Waals surface area contributed by atoms with E-state index in [0.717, 1.165) is 25.1 Å². The molecule has 2 aliphatic rings. The van der Waals surface area contributed by atoms with Gasteiger partial charge in [-0.15, -0.1) is 0 Å². The molecule has 4 rings (SSSR count). The topological polar surface area (TPSA) is 50.8 Å². The van der Waals surface area contributed by atoms with Crippen LogP contribution in [0.1, 0.15) is 23.2 Å². The fraction of sp³-hybridized carbons (Fsp3) is 0.381. The zero-order valence-corrected chi connectivity index (χ0v) is 15.1. The van der Waals surface area contributed by atoms with Crippen LogP contribution in [0.4, 0.5) is 15.8 Å². The van der Waals surface area contributed by atoms with E-state index in [9.17, 15) is 9.18 Å². The van der Waals surface area contributed by atoms with Crippen molar-refractivity contribution in [2.24, 2.45) is 0 Å². The van der Waals surface area contributed by atoms with E-state index in [4.69, 9.17) is 9.47 Å². The van der Waals surface area contributed by atoms with Crippen molar-refractivity contribution < 1.29 is 18.7 Å². The average molecular weight is 370 g/mol. The van der Waals surface area contributed by atoms with Gasteiger partial charge in [0, 0.05) is 18.8 Å². The minimum Gasteiger partial charge on any atom is -0.378 e. The van der Waals surface area contributed by atoms with Crippen molar-refractivity contribution in [2.45, 2.75) is 18.4 Å². The van der Waals surface area contributed by atoms with Crippen LogP contribution >= 0.6 is 0 Å². The summed E-state index contributed by atoms with van der Waals surface area (Å²) in [6.45, 7) is 2.90. The number of hydrogen-bond acceptors (Lipinski definition) is 4. The Bertz CT molecular complexity index is 798. The molecular formula is C21H23FN2O3. The first-order valence-electron chi connectivity index (χ1n) is 9.28. The normalized spacial score (nSPS) is 22.6. The van der Waals surface area contributed by atoms with Crippen LogP contribution in [-0.4, -0.2) is 49.3 Å². The lowest BCUT2D eigenvalue weighted by molar-refractivity contribution is -0.160. The third-order valence-corrected chi connectivity index (χ3v) is 5.10. The fourth-order valence-electron chi connectivity index (χ4n) is 3.72. The number of ether oxygens (including phenoxy) is 2. The number of halogens is 1. The van der Waals surface area contributed by atoms with E-state index < -0.39 is 0 Å². The molecule has 1 spiro atoms. The Hall–Kier alpha value is -2.44. The van der Waals surface area contributed by atoms with Crippen LogP contribution in [0.3, 0.4) is 0 Å². The highest BCUT2D eigenvalue weighted by molar-refractivity contribution is 6.00. The van der Waals surface area contributed by atoms with Crippen molar-refractivity contribution in [3.8, 4) is 0 Å². The van der Waals surface area contributed by atoms with Crippen LogP contribution in [0.15, 0.2) is 48.5 Å². The summed E-state index contributed by atoms with van der Waals surface area (Å²) < 4.78 is 24.7. The first-order valence-corrected chi connectivity index (χ1v) is 9.28. The number of carbonyl (C=O) groups excluding carboxylic acids is 1. The molecule has 2 fully saturated rings. The molecule has 1 atom stereocenters. The maximum Gasteiger partial charge on any atom is 0.256 e. The number of anilines is 2. The van der Waals surface area contributed by atoms with Crippen molar-refractivity contribution in [3.05, 3.63) is 59.9 Å². The molecule has 6 heteroatoms. The maximum atomic E-state index is 13.2. The van der Waals surface area contributed by atoms with Crippen LogP contribution in [0.25, 0.3) is 0 Å². The summed E-state index contributed by atoms with van der Waals surface area (Å²) in [7, 11) is 0. The summed E-state index contributed by atoms with van der Waals surface area (Å²) >= 11 is 0. The SMILES string of the molecule is O=C(c1ccccc1Nc1ccc(F)cc1)N1CCOC2(CCCOC2)C1. The predicted molar refractivity (Wildman–Crippen MR) is 101 cm³/mol. The molecule has 0 saturated carbocycles. The molecule has 0 aromatic heterocycles. The quantitative estimate of drug-likeness (QED) is 0.897. The number of nitrogens with one attached hydrogen (secondary N) is 1. The Balaban J connectivity index is 1.54. The van der Waals surface area contributed by atoms with Gasteiger partial charge in [-0.3, -0.25) is 4.79 Å². The molecule has 1 unspecified atom stereocenters. The second kappa shape index (κ2) is 7.66. The number of rotatable bonds is 3. The maximum absolute atomic E-state index is 13.2. The minimum atomic E-state index is -0.383. The molecule has 0 radical (unpaired) electrons. The van der Waals surface area contributed by atoms with Crippen molar-refractivity contribution in [1.29, 1.82) is 0 Å². The number of hydrogen-bond donors (Lipinski definition) is 1. The number of nitrogens with zero attached hydrogens (tertiary/aromatic N) is 1. The van der Waals surface area contributed by atoms with Crippen molar-refractivity contribution in [3.63, 3.8) is 0 Å². The molecule has 0 bridgehead atoms. The zero-order chi connectivity index (χ0) is 18.7. The molecule has 2 heterocycles. The first kappa shape index (κ1) is 17.9. The van der Waals surface area contributed by atoms with Gasteiger partial charge in [0.15, 0.2) is 0 Å². The molecule has 142 valence electrons. The van der Waals surface area contributed by atoms with Gasteiger partial charge >= 0.3 is 0 Å². The first-order chi connectivity index (χ1) is 13.2. The molecule has 2 saturated heterocycles. The summed E-state index contributed by atoms with van der Waals surface area (Å²) in [6.07, 6.45) is 1.86. The highest BCUT2D eigenvalue weighted by atomic mass is 19.1. The highest BCUT2D eigenvalue weighted by Gasteiger charge is 2.40. The monoisotopic (exact) mass is 370 g/mol. The summed E-state index contributed by atoms with van der Waals surface area (Å²) in [6, 6.07) is 13.5. The standard InChI is InChI=1S/C21H23FN2O3/c22-16-6-8-17(9-7-16)23-19-5-2-1-4-18(19)20(25)24-11-13-27-21(14-24)10-3-12-26-15-21/h1-2,4-9,23H,3,10-15H2. The third kappa shape index (κ3) is 3.96. The zero-order valence-electron chi connectivity index (χ0n) is 15.1. The van der Waals surface area contributed by atoms with Gasteiger partial charge in [-0.05, 0) is 49.2 Å². The summed E-state index contributed by atoms with van der Waals surface area (Å²) in [5, 5.41) is 3.22. The largest absolute Gasteiger partial charge is 0.378 e. The number of amides is 1. The van der Waals surface area contributed by atoms with E-state index >= 15 is 0 Å². The van der Waals surface area contributed by atoms with Crippen LogP contribution in [0.5, 0.6) is 0 Å². The van der Waals surface area contributed by atoms with E-state index in [0.29, 0.717) is 37.6 Å². The Morgan fingerprint density at radius 1 is 1.11 bits per heavy atom. The third-order valence-electron chi connectivity index (χ3n) is 5.10. The summed E-state index contributed by atoms with van der Waals surface area (Å²) in [5.41, 5.74) is 1.65. The molecule has 0 aliphatic carbocycles. The Morgan fingerprint density at radius 3 is 2.70 bits per heavy atom. The smallest absolute Gasteiger partial charge is 0.256 e. The lowest BCUT2D eigenvalue weighted by atomic mass is 9.94. The Labute approximate surface area is 158 Å². The lowest BCUT2D eigenvalue weighted by Crippen LogP contribution is -2.57. The number of benzene rings is 2. The lowest BCUT2D eigenvalue weighted by Gasteiger charge is -2.44. The van der Waals surface area contributed by atoms with Gasteiger partial charge in [0.2, 0.25) is 0 Å². The van der Waals surface area contributed by atoms with Gasteiger partial charge in [-0.1, -0.05) is 12.1 Å². The molecule has 2 aromatic rings. The molecule has 1 amide bonds. The van der Waals surface area contributed by atoms with Crippen molar-refractivity contribution in [2.75, 3.05) is 38.2 Å². The van der Waals surface area contributed by atoms with Gasteiger partial charge in [-0.2, -0.15) is 0 Å². The van der Waals surface area contributed by atoms with Crippen LogP contribution in [0.2, 0.25) is 0 Å². The van der Waals surface area contributed by atoms with E-state index in [1.54, 1.807) is 12.1 Å². The molecule has 1 N–H and O–H groups in total. The number of para-hydroxylation sites is 1. The van der Waals surface area contributed by atoms with Gasteiger partial charge < -0.3 is 19.7 Å². The van der Waals surface area contributed by atoms with Crippen LogP contribution in [0, 0.1) is 5.82 Å². The van der Waals surface area contributed by atoms with Crippen LogP contribution in [-0.2, 0) is 9.47 Å². The van der Waals surface area contributed by atoms with Crippen molar-refractivity contribution in [1.82, 2.24) is 4.90 Å². The van der Waals surface area contributed by atoms with Crippen molar-refractivity contribution >= 4 is 17.3 Å². The Kier molecular flexibility index (Phi) is 5.09. The number of morpholine rings is 1. The van der Waals surface area contributed by atoms with E-state index in [1.807, 2.05) is 29.2 Å². The number of carbonyl (C=O) groups is 1. The second-order valence-electron chi connectivity index (χ2n) is 7.09. The van der Waals surface area contributed by atoms with E-state index in [2.05, 4.69) is 5.32 Å². The fourth-order valence-corrected chi connectivity index (χ4v) is 3.72. The van der Waals surface area contributed by atoms with Gasteiger partial charge in [-0.25, -0.2) is 4.39 Å². The van der Waals surface area contributed by atoms with E-state index in [1.165, 1.54) is 12.1 Å². The highest BCUT2D eigenvalue weighted by Crippen LogP contribution is 2.29. The molecule has 27 heavy (non-hydrogen) atoms. The molecule has 2 aliphatic heterocycles.